The van der Waals surface area contributed by atoms with Gasteiger partial charge in [0.25, 0.3) is 0 Å². The fourth-order valence-electron chi connectivity index (χ4n) is 2.36. The van der Waals surface area contributed by atoms with Crippen LogP contribution in [0.4, 0.5) is 0 Å². The molecule has 2 aromatic heterocycles. The molecule has 0 amide bonds. The highest BCUT2D eigenvalue weighted by molar-refractivity contribution is 7.14. The van der Waals surface area contributed by atoms with Crippen molar-refractivity contribution in [3.8, 4) is 11.8 Å². The van der Waals surface area contributed by atoms with Gasteiger partial charge in [-0.1, -0.05) is 18.8 Å². The van der Waals surface area contributed by atoms with Gasteiger partial charge in [0.15, 0.2) is 5.78 Å². The Balaban J connectivity index is 0.000000276. The van der Waals surface area contributed by atoms with Crippen LogP contribution in [0.2, 0.25) is 0 Å². The molecule has 1 N–H and O–H groups in total. The van der Waals surface area contributed by atoms with E-state index in [1.165, 1.54) is 11.3 Å². The zero-order chi connectivity index (χ0) is 19.7. The summed E-state index contributed by atoms with van der Waals surface area (Å²) < 4.78 is 0.828. The highest BCUT2D eigenvalue weighted by atomic mass is 32.1. The third-order valence-electron chi connectivity index (χ3n) is 3.19. The molecular formula is C20H26NO3S2+. The second-order valence-corrected chi connectivity index (χ2v) is 9.02. The first kappa shape index (κ1) is 22.1. The normalized spacial score (nSPS) is 11.6. The molecule has 0 saturated carbocycles. The average Bonchev–Trinajstić information content (AvgIpc) is 3.14. The van der Waals surface area contributed by atoms with Crippen LogP contribution in [0, 0.1) is 17.8 Å². The van der Waals surface area contributed by atoms with Crippen molar-refractivity contribution in [1.82, 2.24) is 0 Å². The Labute approximate surface area is 163 Å². The third-order valence-corrected chi connectivity index (χ3v) is 4.97. The van der Waals surface area contributed by atoms with E-state index in [1.54, 1.807) is 18.3 Å². The van der Waals surface area contributed by atoms with Crippen molar-refractivity contribution in [2.24, 2.45) is 5.92 Å². The molecule has 4 nitrogen and oxygen atoms in total. The number of nitrogens with zero attached hydrogens (tertiary/aromatic N) is 1. The highest BCUT2D eigenvalue weighted by Gasteiger charge is 2.15. The fourth-order valence-corrected chi connectivity index (χ4v) is 3.70. The van der Waals surface area contributed by atoms with Crippen LogP contribution in [-0.2, 0) is 4.79 Å². The van der Waals surface area contributed by atoms with Crippen LogP contribution in [0.15, 0.2) is 29.0 Å². The molecule has 0 aromatic carbocycles. The minimum atomic E-state index is -0.703. The SMILES string of the molecule is CC(=O)c1ccc(C#Cc2ccsc2)s1.CC(CC(=O)O)C[N+](C)(C)C. The number of ketones is 1. The number of quaternary nitrogens is 1. The van der Waals surface area contributed by atoms with E-state index in [1.807, 2.05) is 35.9 Å². The van der Waals surface area contributed by atoms with Gasteiger partial charge in [-0.2, -0.15) is 11.3 Å². The Hall–Kier alpha value is -1.94. The Morgan fingerprint density at radius 2 is 1.88 bits per heavy atom. The number of carboxylic acid groups (broad SMARTS) is 1. The standard InChI is InChI=1S/C12H8OS2.C8H17NO2/c1-9(13)12-5-4-11(15-12)3-2-10-6-7-14-8-10;1-7(5-8(10)11)6-9(2,3)4/h4-8H,1H3;7H,5-6H2,1-4H3/p+1. The summed E-state index contributed by atoms with van der Waals surface area (Å²) in [6.45, 7) is 4.45. The Bertz CT molecular complexity index is 774. The summed E-state index contributed by atoms with van der Waals surface area (Å²) in [4.78, 5) is 23.0. The molecule has 0 saturated heterocycles. The molecule has 1 unspecified atom stereocenters. The molecule has 2 heterocycles. The van der Waals surface area contributed by atoms with Gasteiger partial charge in [-0.15, -0.1) is 11.3 Å². The number of carbonyl (C=O) groups is 2. The van der Waals surface area contributed by atoms with E-state index < -0.39 is 5.97 Å². The molecule has 2 aromatic rings. The van der Waals surface area contributed by atoms with Crippen LogP contribution in [0.5, 0.6) is 0 Å². The van der Waals surface area contributed by atoms with Crippen molar-refractivity contribution >= 4 is 34.4 Å². The average molecular weight is 393 g/mol. The van der Waals surface area contributed by atoms with Crippen molar-refractivity contribution < 1.29 is 19.2 Å². The molecule has 0 aliphatic carbocycles. The predicted octanol–water partition coefficient (Wildman–Crippen LogP) is 4.22. The summed E-state index contributed by atoms with van der Waals surface area (Å²) in [5, 5.41) is 12.5. The number of hydrogen-bond acceptors (Lipinski definition) is 4. The van der Waals surface area contributed by atoms with Crippen LogP contribution >= 0.6 is 22.7 Å². The Kier molecular flexibility index (Phi) is 8.73. The summed E-state index contributed by atoms with van der Waals surface area (Å²) in [5.41, 5.74) is 1.03. The predicted molar refractivity (Wildman–Crippen MR) is 109 cm³/mol. The van der Waals surface area contributed by atoms with Gasteiger partial charge in [0.1, 0.15) is 0 Å². The van der Waals surface area contributed by atoms with Gasteiger partial charge < -0.3 is 9.59 Å². The van der Waals surface area contributed by atoms with Gasteiger partial charge in [0.05, 0.1) is 43.9 Å². The van der Waals surface area contributed by atoms with E-state index >= 15 is 0 Å². The minimum absolute atomic E-state index is 0.101. The van der Waals surface area contributed by atoms with Gasteiger partial charge in [-0.25, -0.2) is 0 Å². The lowest BCUT2D eigenvalue weighted by Crippen LogP contribution is -2.38. The second kappa shape index (κ2) is 10.3. The summed E-state index contributed by atoms with van der Waals surface area (Å²) >= 11 is 3.07. The van der Waals surface area contributed by atoms with E-state index in [9.17, 15) is 9.59 Å². The monoisotopic (exact) mass is 392 g/mol. The van der Waals surface area contributed by atoms with Gasteiger partial charge in [-0.3, -0.25) is 9.59 Å². The van der Waals surface area contributed by atoms with Gasteiger partial charge in [0, 0.05) is 16.9 Å². The van der Waals surface area contributed by atoms with E-state index in [-0.39, 0.29) is 18.1 Å². The van der Waals surface area contributed by atoms with Crippen LogP contribution in [0.3, 0.4) is 0 Å². The molecular weight excluding hydrogens is 366 g/mol. The van der Waals surface area contributed by atoms with Crippen LogP contribution in [-0.4, -0.2) is 49.0 Å². The summed E-state index contributed by atoms with van der Waals surface area (Å²) in [6, 6.07) is 5.70. The maximum Gasteiger partial charge on any atom is 0.303 e. The molecule has 2 rings (SSSR count). The smallest absolute Gasteiger partial charge is 0.303 e. The van der Waals surface area contributed by atoms with E-state index in [2.05, 4.69) is 33.0 Å². The molecule has 0 radical (unpaired) electrons. The quantitative estimate of drug-likeness (QED) is 0.471. The van der Waals surface area contributed by atoms with Crippen molar-refractivity contribution in [3.05, 3.63) is 44.3 Å². The van der Waals surface area contributed by atoms with Crippen molar-refractivity contribution in [2.45, 2.75) is 20.3 Å². The number of hydrogen-bond donors (Lipinski definition) is 1. The zero-order valence-electron chi connectivity index (χ0n) is 15.9. The maximum atomic E-state index is 11.1. The van der Waals surface area contributed by atoms with E-state index in [4.69, 9.17) is 5.11 Å². The Morgan fingerprint density at radius 3 is 2.35 bits per heavy atom. The molecule has 0 spiro atoms. The summed E-state index contributed by atoms with van der Waals surface area (Å²) in [5.74, 6) is 5.75. The summed E-state index contributed by atoms with van der Waals surface area (Å²) in [7, 11) is 6.20. The molecule has 1 atom stereocenters. The lowest BCUT2D eigenvalue weighted by molar-refractivity contribution is -0.873. The topological polar surface area (TPSA) is 54.4 Å². The third kappa shape index (κ3) is 9.52. The summed E-state index contributed by atoms with van der Waals surface area (Å²) in [6.07, 6.45) is 0.273. The fraction of sp³-hybridized carbons (Fsp3) is 0.400. The number of rotatable bonds is 5. The van der Waals surface area contributed by atoms with Crippen LogP contribution in [0.25, 0.3) is 0 Å². The number of thiophene rings is 2. The zero-order valence-corrected chi connectivity index (χ0v) is 17.5. The molecule has 26 heavy (non-hydrogen) atoms. The lowest BCUT2D eigenvalue weighted by atomic mass is 10.1. The van der Waals surface area contributed by atoms with E-state index in [0.29, 0.717) is 0 Å². The number of aliphatic carboxylic acids is 1. The molecule has 0 aliphatic heterocycles. The number of carbonyl (C=O) groups excluding carboxylic acids is 1. The molecule has 140 valence electrons. The minimum Gasteiger partial charge on any atom is -0.481 e. The van der Waals surface area contributed by atoms with Gasteiger partial charge >= 0.3 is 5.97 Å². The van der Waals surface area contributed by atoms with Crippen molar-refractivity contribution in [1.29, 1.82) is 0 Å². The largest absolute Gasteiger partial charge is 0.481 e. The molecule has 0 bridgehead atoms. The molecule has 6 heteroatoms. The van der Waals surface area contributed by atoms with Crippen molar-refractivity contribution in [2.75, 3.05) is 27.7 Å². The molecule has 0 fully saturated rings. The molecule has 0 aliphatic rings. The van der Waals surface area contributed by atoms with Gasteiger partial charge in [0.2, 0.25) is 0 Å². The van der Waals surface area contributed by atoms with E-state index in [0.717, 1.165) is 26.3 Å². The second-order valence-electron chi connectivity index (χ2n) is 7.16. The van der Waals surface area contributed by atoms with Crippen molar-refractivity contribution in [3.63, 3.8) is 0 Å². The van der Waals surface area contributed by atoms with Crippen LogP contribution in [0.1, 0.15) is 40.4 Å². The first-order valence-corrected chi connectivity index (χ1v) is 10.00. The number of carboxylic acids is 1. The lowest BCUT2D eigenvalue weighted by Gasteiger charge is -2.26. The van der Waals surface area contributed by atoms with Crippen LogP contribution < -0.4 is 0 Å². The Morgan fingerprint density at radius 1 is 1.19 bits per heavy atom. The first-order valence-electron chi connectivity index (χ1n) is 8.24. The van der Waals surface area contributed by atoms with Gasteiger partial charge in [-0.05, 0) is 30.5 Å². The maximum absolute atomic E-state index is 11.1. The first-order chi connectivity index (χ1) is 12.1. The number of Topliss-reactive ketones (excluding diaryl/α,β-unsaturated/α-hetero) is 1. The highest BCUT2D eigenvalue weighted by Crippen LogP contribution is 2.16.